The second-order valence-electron chi connectivity index (χ2n) is 5.45. The van der Waals surface area contributed by atoms with E-state index >= 15 is 0 Å². The fourth-order valence-corrected chi connectivity index (χ4v) is 2.96. The Morgan fingerprint density at radius 1 is 0.920 bits per heavy atom. The monoisotopic (exact) mass is 414 g/mol. The van der Waals surface area contributed by atoms with Gasteiger partial charge >= 0.3 is 0 Å². The minimum absolute atomic E-state index is 0.211. The van der Waals surface area contributed by atoms with E-state index in [1.807, 2.05) is 42.5 Å². The van der Waals surface area contributed by atoms with Gasteiger partial charge in [-0.2, -0.15) is 0 Å². The first-order valence-electron chi connectivity index (χ1n) is 7.58. The molecule has 25 heavy (non-hydrogen) atoms. The number of ether oxygens (including phenoxy) is 1. The fourth-order valence-electron chi connectivity index (χ4n) is 2.45. The number of aromatic nitrogens is 2. The molecule has 3 aromatic carbocycles. The fraction of sp³-hybridized carbons (Fsp3) is 0.0526. The molecule has 0 saturated heterocycles. The van der Waals surface area contributed by atoms with E-state index in [1.165, 1.54) is 0 Å². The molecule has 0 aliphatic heterocycles. The van der Waals surface area contributed by atoms with Crippen LogP contribution in [0.1, 0.15) is 5.89 Å². The molecule has 6 heteroatoms. The Balaban J connectivity index is 1.48. The Morgan fingerprint density at radius 2 is 1.68 bits per heavy atom. The summed E-state index contributed by atoms with van der Waals surface area (Å²) in [4.78, 5) is 0. The second-order valence-corrected chi connectivity index (χ2v) is 6.80. The van der Waals surface area contributed by atoms with E-state index in [2.05, 4.69) is 32.2 Å². The van der Waals surface area contributed by atoms with Crippen molar-refractivity contribution in [1.29, 1.82) is 0 Å². The van der Waals surface area contributed by atoms with Gasteiger partial charge in [0, 0.05) is 15.1 Å². The van der Waals surface area contributed by atoms with Crippen molar-refractivity contribution in [2.24, 2.45) is 0 Å². The highest BCUT2D eigenvalue weighted by molar-refractivity contribution is 9.10. The van der Waals surface area contributed by atoms with Crippen molar-refractivity contribution >= 4 is 38.3 Å². The lowest BCUT2D eigenvalue weighted by molar-refractivity contribution is 0.265. The third-order valence-corrected chi connectivity index (χ3v) is 4.44. The lowest BCUT2D eigenvalue weighted by Gasteiger charge is -2.05. The molecule has 0 atom stereocenters. The predicted octanol–water partition coefficient (Wildman–Crippen LogP) is 5.88. The Hall–Kier alpha value is -2.37. The van der Waals surface area contributed by atoms with Gasteiger partial charge in [0.2, 0.25) is 5.89 Å². The topological polar surface area (TPSA) is 48.2 Å². The molecule has 0 radical (unpaired) electrons. The quantitative estimate of drug-likeness (QED) is 0.417. The van der Waals surface area contributed by atoms with E-state index in [0.717, 1.165) is 26.6 Å². The van der Waals surface area contributed by atoms with Crippen LogP contribution >= 0.6 is 27.5 Å². The van der Waals surface area contributed by atoms with Crippen molar-refractivity contribution in [3.63, 3.8) is 0 Å². The van der Waals surface area contributed by atoms with Crippen molar-refractivity contribution in [2.75, 3.05) is 0 Å². The zero-order chi connectivity index (χ0) is 17.2. The number of halogens is 2. The molecule has 0 saturated carbocycles. The Bertz CT molecular complexity index is 1030. The van der Waals surface area contributed by atoms with Crippen LogP contribution in [0, 0.1) is 0 Å². The molecule has 0 aliphatic rings. The summed E-state index contributed by atoms with van der Waals surface area (Å²) in [6, 6.07) is 19.3. The van der Waals surface area contributed by atoms with Gasteiger partial charge in [0.1, 0.15) is 5.75 Å². The molecule has 0 unspecified atom stereocenters. The molecule has 4 aromatic rings. The minimum Gasteiger partial charge on any atom is -0.484 e. The summed E-state index contributed by atoms with van der Waals surface area (Å²) in [6.07, 6.45) is 0. The van der Waals surface area contributed by atoms with Gasteiger partial charge in [0.25, 0.3) is 5.89 Å². The van der Waals surface area contributed by atoms with Crippen LogP contribution in [0.25, 0.3) is 22.2 Å². The van der Waals surface area contributed by atoms with E-state index in [4.69, 9.17) is 20.8 Å². The van der Waals surface area contributed by atoms with Crippen LogP contribution in [0.4, 0.5) is 0 Å². The molecule has 0 aliphatic carbocycles. The molecule has 1 heterocycles. The van der Waals surface area contributed by atoms with Gasteiger partial charge in [-0.25, -0.2) is 0 Å². The van der Waals surface area contributed by atoms with Gasteiger partial charge in [0.05, 0.1) is 0 Å². The number of hydrogen-bond acceptors (Lipinski definition) is 4. The highest BCUT2D eigenvalue weighted by Gasteiger charge is 2.09. The van der Waals surface area contributed by atoms with Crippen LogP contribution in [0.5, 0.6) is 5.75 Å². The molecule has 0 amide bonds. The second kappa shape index (κ2) is 6.86. The van der Waals surface area contributed by atoms with Crippen molar-refractivity contribution in [3.8, 4) is 17.2 Å². The lowest BCUT2D eigenvalue weighted by atomic mass is 10.1. The molecular weight excluding hydrogens is 404 g/mol. The maximum absolute atomic E-state index is 5.88. The molecule has 0 bridgehead atoms. The zero-order valence-electron chi connectivity index (χ0n) is 12.9. The van der Waals surface area contributed by atoms with Gasteiger partial charge in [0.15, 0.2) is 6.61 Å². The van der Waals surface area contributed by atoms with Gasteiger partial charge in [-0.3, -0.25) is 0 Å². The molecule has 0 spiro atoms. The molecule has 4 nitrogen and oxygen atoms in total. The first-order valence-corrected chi connectivity index (χ1v) is 8.75. The summed E-state index contributed by atoms with van der Waals surface area (Å²) >= 11 is 9.35. The largest absolute Gasteiger partial charge is 0.484 e. The van der Waals surface area contributed by atoms with E-state index in [0.29, 0.717) is 16.8 Å². The normalized spacial score (nSPS) is 11.0. The van der Waals surface area contributed by atoms with Crippen molar-refractivity contribution in [2.45, 2.75) is 6.61 Å². The first kappa shape index (κ1) is 16.1. The average molecular weight is 416 g/mol. The van der Waals surface area contributed by atoms with Gasteiger partial charge in [-0.05, 0) is 59.3 Å². The van der Waals surface area contributed by atoms with Crippen molar-refractivity contribution in [1.82, 2.24) is 10.2 Å². The highest BCUT2D eigenvalue weighted by Crippen LogP contribution is 2.25. The van der Waals surface area contributed by atoms with Crippen LogP contribution in [0.2, 0.25) is 5.02 Å². The molecule has 0 fully saturated rings. The molecular formula is C19H12BrClN2O2. The van der Waals surface area contributed by atoms with Crippen molar-refractivity contribution in [3.05, 3.63) is 76.0 Å². The van der Waals surface area contributed by atoms with Crippen molar-refractivity contribution < 1.29 is 9.15 Å². The maximum Gasteiger partial charge on any atom is 0.254 e. The Kier molecular flexibility index (Phi) is 4.42. The number of benzene rings is 3. The van der Waals surface area contributed by atoms with Crippen LogP contribution in [0.15, 0.2) is 69.6 Å². The summed E-state index contributed by atoms with van der Waals surface area (Å²) in [5.74, 6) is 1.61. The smallest absolute Gasteiger partial charge is 0.254 e. The van der Waals surface area contributed by atoms with E-state index < -0.39 is 0 Å². The van der Waals surface area contributed by atoms with E-state index in [9.17, 15) is 0 Å². The van der Waals surface area contributed by atoms with Crippen LogP contribution in [-0.4, -0.2) is 10.2 Å². The van der Waals surface area contributed by atoms with Gasteiger partial charge < -0.3 is 9.15 Å². The van der Waals surface area contributed by atoms with Crippen LogP contribution in [0.3, 0.4) is 0 Å². The SMILES string of the molecule is Clc1ccc(-c2nnc(COc3ccc4cc(Br)ccc4c3)o2)cc1. The van der Waals surface area contributed by atoms with Gasteiger partial charge in [-0.15, -0.1) is 10.2 Å². The average Bonchev–Trinajstić information content (AvgIpc) is 3.09. The Labute approximate surface area is 157 Å². The summed E-state index contributed by atoms with van der Waals surface area (Å²) in [7, 11) is 0. The third kappa shape index (κ3) is 3.67. The Morgan fingerprint density at radius 3 is 2.52 bits per heavy atom. The summed E-state index contributed by atoms with van der Waals surface area (Å²) in [5, 5.41) is 11.0. The summed E-state index contributed by atoms with van der Waals surface area (Å²) < 4.78 is 12.5. The third-order valence-electron chi connectivity index (χ3n) is 3.69. The molecule has 4 rings (SSSR count). The molecule has 0 N–H and O–H groups in total. The number of nitrogens with zero attached hydrogens (tertiary/aromatic N) is 2. The van der Waals surface area contributed by atoms with Gasteiger partial charge in [-0.1, -0.05) is 39.7 Å². The van der Waals surface area contributed by atoms with Crippen LogP contribution in [-0.2, 0) is 6.61 Å². The van der Waals surface area contributed by atoms with E-state index in [1.54, 1.807) is 12.1 Å². The summed E-state index contributed by atoms with van der Waals surface area (Å²) in [6.45, 7) is 0.211. The minimum atomic E-state index is 0.211. The standard InChI is InChI=1S/C19H12BrClN2O2/c20-15-5-1-14-10-17(8-4-13(14)9-15)24-11-18-22-23-19(25-18)12-2-6-16(21)7-3-12/h1-10H,11H2. The van der Waals surface area contributed by atoms with Crippen LogP contribution < -0.4 is 4.74 Å². The number of rotatable bonds is 4. The van der Waals surface area contributed by atoms with E-state index in [-0.39, 0.29) is 6.61 Å². The molecule has 124 valence electrons. The molecule has 1 aromatic heterocycles. The first-order chi connectivity index (χ1) is 12.2. The highest BCUT2D eigenvalue weighted by atomic mass is 79.9. The summed E-state index contributed by atoms with van der Waals surface area (Å²) in [5.41, 5.74) is 0.819. The predicted molar refractivity (Wildman–Crippen MR) is 101 cm³/mol. The maximum atomic E-state index is 5.88. The zero-order valence-corrected chi connectivity index (χ0v) is 15.3. The number of fused-ring (bicyclic) bond motifs is 1. The number of hydrogen-bond donors (Lipinski definition) is 0. The lowest BCUT2D eigenvalue weighted by Crippen LogP contribution is -1.95.